The van der Waals surface area contributed by atoms with Crippen LogP contribution in [-0.4, -0.2) is 39.3 Å². The molecule has 8 heteroatoms. The van der Waals surface area contributed by atoms with Crippen molar-refractivity contribution < 1.29 is 17.9 Å². The summed E-state index contributed by atoms with van der Waals surface area (Å²) in [5.41, 5.74) is -0.388. The third kappa shape index (κ3) is 8.40. The predicted molar refractivity (Wildman–Crippen MR) is 99.6 cm³/mol. The third-order valence-electron chi connectivity index (χ3n) is 2.79. The van der Waals surface area contributed by atoms with E-state index >= 15 is 0 Å². The van der Waals surface area contributed by atoms with Gasteiger partial charge in [0, 0.05) is 25.8 Å². The molecule has 4 nitrogen and oxygen atoms in total. The molecule has 0 saturated carbocycles. The van der Waals surface area contributed by atoms with Gasteiger partial charge in [-0.05, 0) is 25.1 Å². The van der Waals surface area contributed by atoms with Gasteiger partial charge in [-0.15, -0.1) is 24.0 Å². The highest BCUT2D eigenvalue weighted by Crippen LogP contribution is 2.29. The van der Waals surface area contributed by atoms with Gasteiger partial charge in [0.2, 0.25) is 0 Å². The maximum Gasteiger partial charge on any atom is 0.416 e. The lowest BCUT2D eigenvalue weighted by Gasteiger charge is -2.15. The number of rotatable bonds is 4. The Kier molecular flexibility index (Phi) is 10.5. The van der Waals surface area contributed by atoms with Gasteiger partial charge in [0.1, 0.15) is 0 Å². The van der Waals surface area contributed by atoms with E-state index < -0.39 is 11.7 Å². The van der Waals surface area contributed by atoms with Crippen LogP contribution in [-0.2, 0) is 10.9 Å². The Balaban J connectivity index is 0.00000529. The SMILES string of the molecule is CN=C(NCC#Cc1cccc(C(F)(F)F)c1)NC(C)COC.I. The van der Waals surface area contributed by atoms with E-state index in [2.05, 4.69) is 27.5 Å². The molecule has 0 aliphatic rings. The number of ether oxygens (including phenoxy) is 1. The van der Waals surface area contributed by atoms with Crippen molar-refractivity contribution in [1.82, 2.24) is 10.6 Å². The molecule has 0 aromatic heterocycles. The summed E-state index contributed by atoms with van der Waals surface area (Å²) >= 11 is 0. The lowest BCUT2D eigenvalue weighted by molar-refractivity contribution is -0.137. The Hall–Kier alpha value is -1.47. The van der Waals surface area contributed by atoms with Crippen LogP contribution in [0.1, 0.15) is 18.1 Å². The number of hydrogen-bond acceptors (Lipinski definition) is 2. The number of halogens is 4. The summed E-state index contributed by atoms with van der Waals surface area (Å²) in [5.74, 6) is 6.01. The van der Waals surface area contributed by atoms with Crippen LogP contribution in [0.5, 0.6) is 0 Å². The average molecular weight is 455 g/mol. The Labute approximate surface area is 157 Å². The van der Waals surface area contributed by atoms with Crippen LogP contribution in [0.25, 0.3) is 0 Å². The summed E-state index contributed by atoms with van der Waals surface area (Å²) in [6.45, 7) is 2.72. The molecule has 1 rings (SSSR count). The largest absolute Gasteiger partial charge is 0.416 e. The third-order valence-corrected chi connectivity index (χ3v) is 2.79. The summed E-state index contributed by atoms with van der Waals surface area (Å²) in [6, 6.07) is 5.00. The predicted octanol–water partition coefficient (Wildman–Crippen LogP) is 2.87. The Morgan fingerprint density at radius 2 is 2.08 bits per heavy atom. The summed E-state index contributed by atoms with van der Waals surface area (Å²) in [6.07, 6.45) is -4.36. The zero-order chi connectivity index (χ0) is 17.3. The highest BCUT2D eigenvalue weighted by molar-refractivity contribution is 14.0. The van der Waals surface area contributed by atoms with Crippen molar-refractivity contribution in [2.45, 2.75) is 19.1 Å². The van der Waals surface area contributed by atoms with Crippen LogP contribution in [0.15, 0.2) is 29.3 Å². The lowest BCUT2D eigenvalue weighted by atomic mass is 10.1. The molecule has 1 aromatic carbocycles. The first-order valence-electron chi connectivity index (χ1n) is 6.99. The number of guanidine groups is 1. The smallest absolute Gasteiger partial charge is 0.383 e. The number of benzene rings is 1. The molecule has 0 spiro atoms. The topological polar surface area (TPSA) is 45.7 Å². The number of nitrogens with one attached hydrogen (secondary N) is 2. The zero-order valence-electron chi connectivity index (χ0n) is 13.7. The summed E-state index contributed by atoms with van der Waals surface area (Å²) in [5, 5.41) is 6.05. The van der Waals surface area contributed by atoms with E-state index in [-0.39, 0.29) is 36.6 Å². The maximum atomic E-state index is 12.6. The molecule has 1 atom stereocenters. The lowest BCUT2D eigenvalue weighted by Crippen LogP contribution is -2.44. The van der Waals surface area contributed by atoms with Crippen LogP contribution >= 0.6 is 24.0 Å². The fourth-order valence-electron chi connectivity index (χ4n) is 1.77. The first kappa shape index (κ1) is 22.5. The average Bonchev–Trinajstić information content (AvgIpc) is 2.50. The molecule has 0 fully saturated rings. The highest BCUT2D eigenvalue weighted by Gasteiger charge is 2.30. The summed E-state index contributed by atoms with van der Waals surface area (Å²) in [7, 11) is 3.23. The zero-order valence-corrected chi connectivity index (χ0v) is 16.0. The minimum atomic E-state index is -4.36. The van der Waals surface area contributed by atoms with Gasteiger partial charge in [-0.25, -0.2) is 0 Å². The Morgan fingerprint density at radius 1 is 1.38 bits per heavy atom. The molecule has 0 saturated heterocycles. The van der Waals surface area contributed by atoms with Gasteiger partial charge in [0.15, 0.2) is 5.96 Å². The molecule has 1 unspecified atom stereocenters. The van der Waals surface area contributed by atoms with Crippen LogP contribution in [0.2, 0.25) is 0 Å². The van der Waals surface area contributed by atoms with Gasteiger partial charge >= 0.3 is 6.18 Å². The Bertz CT molecular complexity index is 594. The van der Waals surface area contributed by atoms with Crippen LogP contribution in [0, 0.1) is 11.8 Å². The fourth-order valence-corrected chi connectivity index (χ4v) is 1.77. The Morgan fingerprint density at radius 3 is 2.67 bits per heavy atom. The molecule has 2 N–H and O–H groups in total. The number of nitrogens with zero attached hydrogens (tertiary/aromatic N) is 1. The minimum absolute atomic E-state index is 0. The molecule has 0 amide bonds. The summed E-state index contributed by atoms with van der Waals surface area (Å²) in [4.78, 5) is 4.02. The summed E-state index contributed by atoms with van der Waals surface area (Å²) < 4.78 is 42.8. The van der Waals surface area contributed by atoms with E-state index in [0.29, 0.717) is 18.1 Å². The quantitative estimate of drug-likeness (QED) is 0.318. The normalized spacial score (nSPS) is 12.5. The van der Waals surface area contributed by atoms with E-state index in [1.165, 1.54) is 12.1 Å². The monoisotopic (exact) mass is 455 g/mol. The fraction of sp³-hybridized carbons (Fsp3) is 0.438. The van der Waals surface area contributed by atoms with E-state index in [9.17, 15) is 13.2 Å². The molecular formula is C16H21F3IN3O. The molecule has 134 valence electrons. The van der Waals surface area contributed by atoms with Crippen molar-refractivity contribution >= 4 is 29.9 Å². The minimum Gasteiger partial charge on any atom is -0.383 e. The van der Waals surface area contributed by atoms with Crippen molar-refractivity contribution in [1.29, 1.82) is 0 Å². The standard InChI is InChI=1S/C16H20F3N3O.HI/c1-12(11-23-3)22-15(20-2)21-9-5-7-13-6-4-8-14(10-13)16(17,18)19;/h4,6,8,10,12H,9,11H2,1-3H3,(H2,20,21,22);1H. The second kappa shape index (κ2) is 11.1. The second-order valence-corrected chi connectivity index (χ2v) is 4.81. The van der Waals surface area contributed by atoms with Crippen LogP contribution in [0.4, 0.5) is 13.2 Å². The van der Waals surface area contributed by atoms with Gasteiger partial charge < -0.3 is 15.4 Å². The first-order chi connectivity index (χ1) is 10.9. The van der Waals surface area contributed by atoms with Crippen LogP contribution < -0.4 is 10.6 Å². The van der Waals surface area contributed by atoms with E-state index in [1.807, 2.05) is 6.92 Å². The molecule has 0 aliphatic carbocycles. The molecule has 0 aliphatic heterocycles. The van der Waals surface area contributed by atoms with E-state index in [0.717, 1.165) is 12.1 Å². The number of aliphatic imine (C=N–C) groups is 1. The maximum absolute atomic E-state index is 12.6. The molecule has 0 bridgehead atoms. The van der Waals surface area contributed by atoms with Crippen molar-refractivity contribution in [3.63, 3.8) is 0 Å². The molecule has 1 aromatic rings. The highest BCUT2D eigenvalue weighted by atomic mass is 127. The van der Waals surface area contributed by atoms with Crippen molar-refractivity contribution in [2.75, 3.05) is 27.3 Å². The van der Waals surface area contributed by atoms with Crippen LogP contribution in [0.3, 0.4) is 0 Å². The van der Waals surface area contributed by atoms with Crippen molar-refractivity contribution in [3.05, 3.63) is 35.4 Å². The number of alkyl halides is 3. The van der Waals surface area contributed by atoms with E-state index in [1.54, 1.807) is 14.2 Å². The molecular weight excluding hydrogens is 434 g/mol. The van der Waals surface area contributed by atoms with Crippen molar-refractivity contribution in [2.24, 2.45) is 4.99 Å². The second-order valence-electron chi connectivity index (χ2n) is 4.81. The van der Waals surface area contributed by atoms with Gasteiger partial charge in [-0.1, -0.05) is 17.9 Å². The number of methoxy groups -OCH3 is 1. The van der Waals surface area contributed by atoms with Gasteiger partial charge in [0.05, 0.1) is 18.7 Å². The van der Waals surface area contributed by atoms with Gasteiger partial charge in [-0.3, -0.25) is 4.99 Å². The number of hydrogen-bond donors (Lipinski definition) is 2. The molecule has 0 heterocycles. The molecule has 24 heavy (non-hydrogen) atoms. The van der Waals surface area contributed by atoms with Crippen molar-refractivity contribution in [3.8, 4) is 11.8 Å². The van der Waals surface area contributed by atoms with E-state index in [4.69, 9.17) is 4.74 Å². The van der Waals surface area contributed by atoms with Gasteiger partial charge in [-0.2, -0.15) is 13.2 Å². The first-order valence-corrected chi connectivity index (χ1v) is 6.99. The molecule has 0 radical (unpaired) electrons. The van der Waals surface area contributed by atoms with Gasteiger partial charge in [0.25, 0.3) is 0 Å².